The largest absolute Gasteiger partial charge is 0.444 e. The predicted octanol–water partition coefficient (Wildman–Crippen LogP) is 5.80. The van der Waals surface area contributed by atoms with E-state index >= 15 is 0 Å². The number of nitrogens with one attached hydrogen (secondary N) is 2. The van der Waals surface area contributed by atoms with E-state index in [2.05, 4.69) is 20.4 Å². The number of benzene rings is 1. The van der Waals surface area contributed by atoms with Crippen molar-refractivity contribution in [2.45, 2.75) is 64.8 Å². The number of aryl methyl sites for hydroxylation is 1. The lowest BCUT2D eigenvalue weighted by Gasteiger charge is -2.30. The number of carbonyl (C=O) groups is 2. The van der Waals surface area contributed by atoms with E-state index in [1.165, 1.54) is 4.90 Å². The summed E-state index contributed by atoms with van der Waals surface area (Å²) in [7, 11) is 0. The number of halogens is 3. The van der Waals surface area contributed by atoms with E-state index in [4.69, 9.17) is 14.5 Å². The number of amides is 3. The second-order valence-corrected chi connectivity index (χ2v) is 13.1. The lowest BCUT2D eigenvalue weighted by molar-refractivity contribution is -0.143. The molecule has 45 heavy (non-hydrogen) atoms. The normalized spacial score (nSPS) is 20.8. The molecule has 3 aliphatic rings. The zero-order chi connectivity index (χ0) is 32.4. The Balaban J connectivity index is 1.35. The number of aromatic nitrogens is 1. The molecule has 4 heterocycles. The van der Waals surface area contributed by atoms with Gasteiger partial charge in [0.2, 0.25) is 0 Å². The van der Waals surface area contributed by atoms with Gasteiger partial charge in [-0.25, -0.2) is 14.6 Å². The Morgan fingerprint density at radius 2 is 1.69 bits per heavy atom. The van der Waals surface area contributed by atoms with Gasteiger partial charge in [0.1, 0.15) is 17.2 Å². The van der Waals surface area contributed by atoms with Crippen LogP contribution in [0.1, 0.15) is 45.6 Å². The number of alkyl carbamates (subject to hydrolysis) is 1. The number of morpholine rings is 1. The van der Waals surface area contributed by atoms with Crippen molar-refractivity contribution in [3.8, 4) is 11.1 Å². The molecule has 5 rings (SSSR count). The average molecular weight is 633 g/mol. The Morgan fingerprint density at radius 3 is 2.38 bits per heavy atom. The van der Waals surface area contributed by atoms with Crippen LogP contribution in [0.5, 0.6) is 0 Å². The van der Waals surface area contributed by atoms with E-state index in [-0.39, 0.29) is 12.6 Å². The van der Waals surface area contributed by atoms with E-state index < -0.39 is 36.2 Å². The van der Waals surface area contributed by atoms with E-state index in [1.54, 1.807) is 6.07 Å². The van der Waals surface area contributed by atoms with Gasteiger partial charge in [-0.1, -0.05) is 6.07 Å². The van der Waals surface area contributed by atoms with Crippen molar-refractivity contribution in [1.29, 1.82) is 0 Å². The number of anilines is 3. The standard InChI is InChI=1S/C32H43F3N6O4/c1-21-5-6-24(36-29(42)41-9-7-22(19-41)18-32(33,34)35)17-26(21)23-15-27(39-11-13-44-14-12-39)38-28(16-23)40-10-8-25(20-40)37-30(43)45-31(2,3)4/h5-6,15-17,22,25H,7-14,18-20H2,1-4H3,(H,36,42)(H,37,43)/t22-,25+/m0/s1. The lowest BCUT2D eigenvalue weighted by Crippen LogP contribution is -2.40. The number of alkyl halides is 3. The SMILES string of the molecule is Cc1ccc(NC(=O)N2CC[C@@H](CC(F)(F)F)C2)cc1-c1cc(N2CCOCC2)nc(N2CC[C@@H](NC(=O)OC(C)(C)C)C2)c1. The topological polar surface area (TPSA) is 99.3 Å². The van der Waals surface area contributed by atoms with Crippen LogP contribution in [-0.2, 0) is 9.47 Å². The van der Waals surface area contributed by atoms with Gasteiger partial charge < -0.3 is 34.8 Å². The molecule has 3 saturated heterocycles. The number of nitrogens with zero attached hydrogens (tertiary/aromatic N) is 4. The van der Waals surface area contributed by atoms with Crippen LogP contribution in [0.15, 0.2) is 30.3 Å². The zero-order valence-corrected chi connectivity index (χ0v) is 26.4. The highest BCUT2D eigenvalue weighted by Gasteiger charge is 2.36. The summed E-state index contributed by atoms with van der Waals surface area (Å²) in [6.07, 6.45) is -4.48. The van der Waals surface area contributed by atoms with Gasteiger partial charge in [-0.2, -0.15) is 13.2 Å². The van der Waals surface area contributed by atoms with Crippen LogP contribution in [0.2, 0.25) is 0 Å². The molecule has 10 nitrogen and oxygen atoms in total. The molecule has 246 valence electrons. The van der Waals surface area contributed by atoms with Crippen molar-refractivity contribution in [1.82, 2.24) is 15.2 Å². The highest BCUT2D eigenvalue weighted by Crippen LogP contribution is 2.34. The molecule has 0 saturated carbocycles. The summed E-state index contributed by atoms with van der Waals surface area (Å²) >= 11 is 0. The quantitative estimate of drug-likeness (QED) is 0.415. The maximum atomic E-state index is 13.0. The minimum Gasteiger partial charge on any atom is -0.444 e. The van der Waals surface area contributed by atoms with Gasteiger partial charge in [-0.15, -0.1) is 0 Å². The fourth-order valence-corrected chi connectivity index (χ4v) is 6.06. The van der Waals surface area contributed by atoms with Crippen LogP contribution in [-0.4, -0.2) is 92.3 Å². The third-order valence-corrected chi connectivity index (χ3v) is 8.26. The van der Waals surface area contributed by atoms with Crippen molar-refractivity contribution in [3.63, 3.8) is 0 Å². The number of rotatable bonds is 6. The molecule has 1 aromatic heterocycles. The third-order valence-electron chi connectivity index (χ3n) is 8.26. The van der Waals surface area contributed by atoms with Crippen molar-refractivity contribution in [2.24, 2.45) is 5.92 Å². The molecule has 13 heteroatoms. The first-order valence-electron chi connectivity index (χ1n) is 15.6. The Morgan fingerprint density at radius 1 is 0.978 bits per heavy atom. The van der Waals surface area contributed by atoms with Crippen LogP contribution < -0.4 is 20.4 Å². The highest BCUT2D eigenvalue weighted by molar-refractivity contribution is 5.91. The monoisotopic (exact) mass is 632 g/mol. The van der Waals surface area contributed by atoms with Gasteiger partial charge in [0, 0.05) is 51.4 Å². The first-order valence-corrected chi connectivity index (χ1v) is 15.6. The number of likely N-dealkylation sites (tertiary alicyclic amines) is 1. The smallest absolute Gasteiger partial charge is 0.407 e. The summed E-state index contributed by atoms with van der Waals surface area (Å²) in [4.78, 5) is 36.2. The molecular weight excluding hydrogens is 589 g/mol. The minimum absolute atomic E-state index is 0.0836. The van der Waals surface area contributed by atoms with E-state index in [0.717, 1.165) is 34.7 Å². The maximum absolute atomic E-state index is 13.0. The molecule has 2 N–H and O–H groups in total. The highest BCUT2D eigenvalue weighted by atomic mass is 19.4. The fraction of sp³-hybridized carbons (Fsp3) is 0.594. The molecule has 0 aliphatic carbocycles. The summed E-state index contributed by atoms with van der Waals surface area (Å²) in [6.45, 7) is 11.8. The van der Waals surface area contributed by atoms with Crippen molar-refractivity contribution in [3.05, 3.63) is 35.9 Å². The van der Waals surface area contributed by atoms with Gasteiger partial charge in [-0.05, 0) is 87.4 Å². The number of pyridine rings is 1. The Kier molecular flexibility index (Phi) is 9.66. The lowest BCUT2D eigenvalue weighted by atomic mass is 10.00. The molecule has 3 amide bonds. The summed E-state index contributed by atoms with van der Waals surface area (Å²) in [5.74, 6) is 1.02. The minimum atomic E-state index is -4.24. The van der Waals surface area contributed by atoms with Crippen LogP contribution in [0.4, 0.5) is 40.1 Å². The molecular formula is C32H43F3N6O4. The molecule has 3 aliphatic heterocycles. The molecule has 0 bridgehead atoms. The maximum Gasteiger partial charge on any atom is 0.407 e. The summed E-state index contributed by atoms with van der Waals surface area (Å²) in [6, 6.07) is 9.20. The van der Waals surface area contributed by atoms with Gasteiger partial charge in [0.05, 0.1) is 19.3 Å². The zero-order valence-electron chi connectivity index (χ0n) is 26.4. The Hall–Kier alpha value is -3.74. The molecule has 0 spiro atoms. The van der Waals surface area contributed by atoms with Crippen molar-refractivity contribution < 1.29 is 32.2 Å². The second-order valence-electron chi connectivity index (χ2n) is 13.1. The van der Waals surface area contributed by atoms with Gasteiger partial charge in [0.25, 0.3) is 0 Å². The van der Waals surface area contributed by atoms with Crippen molar-refractivity contribution in [2.75, 3.05) is 67.6 Å². The summed E-state index contributed by atoms with van der Waals surface area (Å²) < 4.78 is 49.6. The molecule has 2 aromatic rings. The van der Waals surface area contributed by atoms with Gasteiger partial charge in [-0.3, -0.25) is 0 Å². The predicted molar refractivity (Wildman–Crippen MR) is 167 cm³/mol. The molecule has 2 atom stereocenters. The Labute approximate surface area is 262 Å². The number of urea groups is 1. The first-order chi connectivity index (χ1) is 21.2. The van der Waals surface area contributed by atoms with E-state index in [1.807, 2.05) is 52.0 Å². The van der Waals surface area contributed by atoms with E-state index in [9.17, 15) is 22.8 Å². The number of hydrogen-bond donors (Lipinski definition) is 2. The fourth-order valence-electron chi connectivity index (χ4n) is 6.06. The molecule has 0 radical (unpaired) electrons. The van der Waals surface area contributed by atoms with Crippen LogP contribution in [0.3, 0.4) is 0 Å². The number of carbonyl (C=O) groups excluding carboxylic acids is 2. The number of ether oxygens (including phenoxy) is 2. The van der Waals surface area contributed by atoms with Crippen molar-refractivity contribution >= 4 is 29.4 Å². The average Bonchev–Trinajstić information content (AvgIpc) is 3.62. The molecule has 3 fully saturated rings. The molecule has 0 unspecified atom stereocenters. The third kappa shape index (κ3) is 8.93. The summed E-state index contributed by atoms with van der Waals surface area (Å²) in [5, 5.41) is 5.87. The first kappa shape index (κ1) is 32.6. The summed E-state index contributed by atoms with van der Waals surface area (Å²) in [5.41, 5.74) is 2.81. The number of hydrogen-bond acceptors (Lipinski definition) is 7. The van der Waals surface area contributed by atoms with Gasteiger partial charge >= 0.3 is 18.3 Å². The van der Waals surface area contributed by atoms with Crippen LogP contribution in [0, 0.1) is 12.8 Å². The van der Waals surface area contributed by atoms with Gasteiger partial charge in [0.15, 0.2) is 0 Å². The van der Waals surface area contributed by atoms with Crippen LogP contribution >= 0.6 is 0 Å². The molecule has 1 aromatic carbocycles. The van der Waals surface area contributed by atoms with Crippen LogP contribution in [0.25, 0.3) is 11.1 Å². The Bertz CT molecular complexity index is 1380. The second kappa shape index (κ2) is 13.3. The van der Waals surface area contributed by atoms with E-state index in [0.29, 0.717) is 58.0 Å².